The van der Waals surface area contributed by atoms with Crippen LogP contribution in [0.25, 0.3) is 0 Å². The molecule has 52 valence electrons. The lowest BCUT2D eigenvalue weighted by atomic mass is 10.8. The van der Waals surface area contributed by atoms with Gasteiger partial charge in [-0.05, 0) is 0 Å². The molecule has 1 aliphatic rings. The molecule has 0 bridgehead atoms. The summed E-state index contributed by atoms with van der Waals surface area (Å²) in [5, 5.41) is 10.3. The third-order valence-corrected chi connectivity index (χ3v) is 5.05. The third kappa shape index (κ3) is 2.31. The van der Waals surface area contributed by atoms with Gasteiger partial charge in [-0.15, -0.1) is 35.3 Å². The number of rotatable bonds is 1. The summed E-state index contributed by atoms with van der Waals surface area (Å²) in [5.41, 5.74) is 0. The summed E-state index contributed by atoms with van der Waals surface area (Å²) in [6.07, 6.45) is 0. The number of carboxylic acid groups (broad SMARTS) is 1. The number of thioether (sulfide) groups is 3. The van der Waals surface area contributed by atoms with Crippen LogP contribution in [0.4, 0.5) is 0 Å². The second kappa shape index (κ2) is 3.63. The molecule has 0 saturated carbocycles. The zero-order chi connectivity index (χ0) is 6.69. The van der Waals surface area contributed by atoms with Crippen LogP contribution >= 0.6 is 35.3 Å². The van der Waals surface area contributed by atoms with Gasteiger partial charge in [-0.2, -0.15) is 0 Å². The summed E-state index contributed by atoms with van der Waals surface area (Å²) >= 11 is 4.77. The quantitative estimate of drug-likeness (QED) is 0.665. The fraction of sp³-hybridized carbons (Fsp3) is 0.750. The summed E-state index contributed by atoms with van der Waals surface area (Å²) in [6, 6.07) is 0. The van der Waals surface area contributed by atoms with E-state index in [0.29, 0.717) is 0 Å². The molecule has 0 aliphatic carbocycles. The lowest BCUT2D eigenvalue weighted by molar-refractivity contribution is -0.134. The summed E-state index contributed by atoms with van der Waals surface area (Å²) in [5.74, 6) is -0.690. The van der Waals surface area contributed by atoms with E-state index in [0.717, 1.165) is 10.2 Å². The number of carbonyl (C=O) groups is 1. The van der Waals surface area contributed by atoms with Gasteiger partial charge in [0.25, 0.3) is 0 Å². The Balaban J connectivity index is 2.31. The van der Waals surface area contributed by atoms with Crippen LogP contribution in [0.15, 0.2) is 0 Å². The Hall–Kier alpha value is 0.520. The maximum atomic E-state index is 10.3. The topological polar surface area (TPSA) is 37.3 Å². The van der Waals surface area contributed by atoms with Crippen molar-refractivity contribution in [3.63, 3.8) is 0 Å². The first kappa shape index (κ1) is 7.63. The normalized spacial score (nSPS) is 21.8. The Bertz CT molecular complexity index is 110. The molecule has 0 amide bonds. The van der Waals surface area contributed by atoms with E-state index in [4.69, 9.17) is 5.11 Å². The predicted molar refractivity (Wildman–Crippen MR) is 43.9 cm³/mol. The molecule has 0 atom stereocenters. The Morgan fingerprint density at radius 3 is 2.33 bits per heavy atom. The van der Waals surface area contributed by atoms with Crippen molar-refractivity contribution in [2.45, 2.75) is 4.58 Å². The van der Waals surface area contributed by atoms with Crippen LogP contribution in [-0.2, 0) is 4.79 Å². The van der Waals surface area contributed by atoms with E-state index in [1.165, 1.54) is 23.5 Å². The van der Waals surface area contributed by atoms with Crippen LogP contribution < -0.4 is 0 Å². The molecule has 1 aliphatic heterocycles. The molecule has 1 saturated heterocycles. The van der Waals surface area contributed by atoms with E-state index in [2.05, 4.69) is 0 Å². The third-order valence-electron chi connectivity index (χ3n) is 0.807. The molecule has 5 heteroatoms. The second-order valence-corrected chi connectivity index (χ2v) is 5.65. The molecule has 0 spiro atoms. The van der Waals surface area contributed by atoms with E-state index in [1.807, 2.05) is 0 Å². The summed E-state index contributed by atoms with van der Waals surface area (Å²) < 4.78 is -0.216. The number of carboxylic acids is 1. The molecule has 0 unspecified atom stereocenters. The maximum absolute atomic E-state index is 10.3. The van der Waals surface area contributed by atoms with E-state index in [9.17, 15) is 4.79 Å². The molecule has 1 rings (SSSR count). The Kier molecular flexibility index (Phi) is 3.08. The Labute approximate surface area is 66.2 Å². The van der Waals surface area contributed by atoms with Crippen molar-refractivity contribution in [1.82, 2.24) is 0 Å². The zero-order valence-corrected chi connectivity index (χ0v) is 7.02. The molecule has 1 heterocycles. The van der Waals surface area contributed by atoms with Crippen molar-refractivity contribution in [2.24, 2.45) is 0 Å². The van der Waals surface area contributed by atoms with Crippen molar-refractivity contribution < 1.29 is 9.90 Å². The fourth-order valence-corrected chi connectivity index (χ4v) is 4.76. The molecule has 0 aromatic rings. The first-order valence-electron chi connectivity index (χ1n) is 2.34. The van der Waals surface area contributed by atoms with Crippen LogP contribution in [0.2, 0.25) is 0 Å². The highest BCUT2D eigenvalue weighted by Gasteiger charge is 2.21. The Morgan fingerprint density at radius 2 is 2.00 bits per heavy atom. The van der Waals surface area contributed by atoms with Gasteiger partial charge in [0.05, 0.1) is 0 Å². The molecular formula is C4H6O2S3. The van der Waals surface area contributed by atoms with Crippen LogP contribution in [0.5, 0.6) is 0 Å². The zero-order valence-electron chi connectivity index (χ0n) is 4.57. The summed E-state index contributed by atoms with van der Waals surface area (Å²) in [6.45, 7) is 0. The predicted octanol–water partition coefficient (Wildman–Crippen LogP) is 1.53. The van der Waals surface area contributed by atoms with Gasteiger partial charge in [-0.25, -0.2) is 0 Å². The number of hydrogen-bond acceptors (Lipinski definition) is 4. The van der Waals surface area contributed by atoms with Gasteiger partial charge in [-0.3, -0.25) is 4.79 Å². The van der Waals surface area contributed by atoms with E-state index >= 15 is 0 Å². The highest BCUT2D eigenvalue weighted by Crippen LogP contribution is 2.35. The minimum absolute atomic E-state index is 0.216. The number of aliphatic carboxylic acids is 1. The van der Waals surface area contributed by atoms with Crippen LogP contribution in [0, 0.1) is 0 Å². The van der Waals surface area contributed by atoms with E-state index < -0.39 is 5.97 Å². The molecular weight excluding hydrogens is 176 g/mol. The molecule has 0 aromatic carbocycles. The van der Waals surface area contributed by atoms with Gasteiger partial charge in [-0.1, -0.05) is 0 Å². The van der Waals surface area contributed by atoms with E-state index in [1.54, 1.807) is 11.8 Å². The summed E-state index contributed by atoms with van der Waals surface area (Å²) in [7, 11) is 0. The smallest absolute Gasteiger partial charge is 0.326 e. The number of hydrogen-bond donors (Lipinski definition) is 1. The van der Waals surface area contributed by atoms with Crippen molar-refractivity contribution >= 4 is 41.3 Å². The lowest BCUT2D eigenvalue weighted by Crippen LogP contribution is -2.14. The molecule has 9 heavy (non-hydrogen) atoms. The van der Waals surface area contributed by atoms with Crippen molar-refractivity contribution in [3.8, 4) is 0 Å². The van der Waals surface area contributed by atoms with Crippen LogP contribution in [0.1, 0.15) is 0 Å². The molecule has 0 aromatic heterocycles. The fourth-order valence-electron chi connectivity index (χ4n) is 0.445. The largest absolute Gasteiger partial charge is 0.480 e. The standard InChI is InChI=1S/C4H6O2S3/c5-3(6)4-8-1-7-2-9-4/h4H,1-2H2,(H,5,6). The Morgan fingerprint density at radius 1 is 1.44 bits per heavy atom. The van der Waals surface area contributed by atoms with Crippen LogP contribution in [0.3, 0.4) is 0 Å². The highest BCUT2D eigenvalue weighted by atomic mass is 32.3. The van der Waals surface area contributed by atoms with Gasteiger partial charge < -0.3 is 5.11 Å². The monoisotopic (exact) mass is 182 g/mol. The van der Waals surface area contributed by atoms with Gasteiger partial charge in [0, 0.05) is 10.2 Å². The highest BCUT2D eigenvalue weighted by molar-refractivity contribution is 8.33. The van der Waals surface area contributed by atoms with Gasteiger partial charge in [0.1, 0.15) is 4.58 Å². The first-order valence-corrected chi connectivity index (χ1v) is 5.59. The molecule has 0 radical (unpaired) electrons. The molecule has 2 nitrogen and oxygen atoms in total. The maximum Gasteiger partial charge on any atom is 0.326 e. The minimum Gasteiger partial charge on any atom is -0.480 e. The van der Waals surface area contributed by atoms with Gasteiger partial charge in [0.2, 0.25) is 0 Å². The van der Waals surface area contributed by atoms with Gasteiger partial charge in [0.15, 0.2) is 0 Å². The second-order valence-electron chi connectivity index (χ2n) is 1.44. The van der Waals surface area contributed by atoms with Gasteiger partial charge >= 0.3 is 5.97 Å². The van der Waals surface area contributed by atoms with Crippen molar-refractivity contribution in [2.75, 3.05) is 10.2 Å². The lowest BCUT2D eigenvalue weighted by Gasteiger charge is -2.15. The molecule has 1 N–H and O–H groups in total. The van der Waals surface area contributed by atoms with Crippen molar-refractivity contribution in [1.29, 1.82) is 0 Å². The van der Waals surface area contributed by atoms with Crippen LogP contribution in [-0.4, -0.2) is 25.8 Å². The molecule has 1 fully saturated rings. The SMILES string of the molecule is O=C(O)C1SCSCS1. The van der Waals surface area contributed by atoms with Crippen molar-refractivity contribution in [3.05, 3.63) is 0 Å². The van der Waals surface area contributed by atoms with E-state index in [-0.39, 0.29) is 4.58 Å². The minimum atomic E-state index is -0.690. The average molecular weight is 182 g/mol. The first-order chi connectivity index (χ1) is 4.30. The summed E-state index contributed by atoms with van der Waals surface area (Å²) in [4.78, 5) is 10.3. The average Bonchev–Trinajstić information content (AvgIpc) is 1.90.